The first-order valence-corrected chi connectivity index (χ1v) is 4.26. The normalized spacial score (nSPS) is 10.8. The molecule has 0 aliphatic rings. The highest BCUT2D eigenvalue weighted by Gasteiger charge is 2.09. The Hall–Kier alpha value is -1.07. The van der Waals surface area contributed by atoms with Crippen LogP contribution in [0.1, 0.15) is 0 Å². The van der Waals surface area contributed by atoms with E-state index in [1.54, 1.807) is 6.07 Å². The molecule has 4 nitrogen and oxygen atoms in total. The number of fused-ring (bicyclic) bond motifs is 1. The van der Waals surface area contributed by atoms with Gasteiger partial charge in [0.2, 0.25) is 0 Å². The van der Waals surface area contributed by atoms with E-state index in [1.807, 2.05) is 0 Å². The molecule has 6 heteroatoms. The lowest BCUT2D eigenvalue weighted by Gasteiger charge is -2.01. The van der Waals surface area contributed by atoms with Crippen molar-refractivity contribution in [1.29, 1.82) is 0 Å². The molecule has 2 aromatic rings. The lowest BCUT2D eigenvalue weighted by atomic mass is 10.2. The highest BCUT2D eigenvalue weighted by molar-refractivity contribution is 7.00. The van der Waals surface area contributed by atoms with Crippen LogP contribution in [0, 0.1) is 0 Å². The van der Waals surface area contributed by atoms with Crippen LogP contribution in [0.15, 0.2) is 6.07 Å². The molecule has 0 fully saturated rings. The molecule has 62 valence electrons. The van der Waals surface area contributed by atoms with Crippen molar-refractivity contribution in [2.24, 2.45) is 0 Å². The van der Waals surface area contributed by atoms with E-state index in [4.69, 9.17) is 23.1 Å². The van der Waals surface area contributed by atoms with E-state index in [-0.39, 0.29) is 0 Å². The minimum Gasteiger partial charge on any atom is -0.396 e. The molecule has 4 N–H and O–H groups in total. The standard InChI is InChI=1S/C6H5ClN4S/c7-2-1-3-6(11-12-10-3)5(9)4(2)8/h1H,8-9H2. The topological polar surface area (TPSA) is 77.8 Å². The van der Waals surface area contributed by atoms with E-state index in [9.17, 15) is 0 Å². The van der Waals surface area contributed by atoms with Gasteiger partial charge in [-0.25, -0.2) is 0 Å². The number of nitrogens with two attached hydrogens (primary N) is 2. The molecule has 12 heavy (non-hydrogen) atoms. The number of rotatable bonds is 0. The molecule has 0 atom stereocenters. The molecule has 0 aliphatic carbocycles. The Morgan fingerprint density at radius 1 is 1.25 bits per heavy atom. The Balaban J connectivity index is 2.94. The van der Waals surface area contributed by atoms with E-state index in [0.717, 1.165) is 11.7 Å². The molecule has 0 amide bonds. The number of benzene rings is 1. The zero-order chi connectivity index (χ0) is 8.72. The number of nitrogens with zero attached hydrogens (tertiary/aromatic N) is 2. The monoisotopic (exact) mass is 200 g/mol. The number of nitrogen functional groups attached to an aromatic ring is 2. The van der Waals surface area contributed by atoms with E-state index < -0.39 is 0 Å². The van der Waals surface area contributed by atoms with Crippen LogP contribution in [0.3, 0.4) is 0 Å². The fraction of sp³-hybridized carbons (Fsp3) is 0. The van der Waals surface area contributed by atoms with Gasteiger partial charge in [-0.05, 0) is 6.07 Å². The van der Waals surface area contributed by atoms with Crippen molar-refractivity contribution >= 4 is 45.7 Å². The third kappa shape index (κ3) is 0.904. The first-order valence-electron chi connectivity index (χ1n) is 3.16. The molecule has 0 saturated heterocycles. The number of aromatic nitrogens is 2. The van der Waals surface area contributed by atoms with Gasteiger partial charge in [0, 0.05) is 0 Å². The molecule has 0 unspecified atom stereocenters. The van der Waals surface area contributed by atoms with Crippen LogP contribution in [-0.4, -0.2) is 8.75 Å². The SMILES string of the molecule is Nc1c(Cl)cc2nsnc2c1N. The summed E-state index contributed by atoms with van der Waals surface area (Å²) in [5.74, 6) is 0. The molecule has 0 aliphatic heterocycles. The molecule has 1 aromatic carbocycles. The summed E-state index contributed by atoms with van der Waals surface area (Å²) in [6.07, 6.45) is 0. The average Bonchev–Trinajstić information content (AvgIpc) is 2.48. The summed E-state index contributed by atoms with van der Waals surface area (Å²) in [7, 11) is 0. The fourth-order valence-electron chi connectivity index (χ4n) is 0.931. The maximum absolute atomic E-state index is 5.78. The van der Waals surface area contributed by atoms with Crippen LogP contribution in [-0.2, 0) is 0 Å². The third-order valence-corrected chi connectivity index (χ3v) is 2.44. The van der Waals surface area contributed by atoms with E-state index in [1.165, 1.54) is 0 Å². The zero-order valence-corrected chi connectivity index (χ0v) is 7.49. The number of hydrogen-bond acceptors (Lipinski definition) is 5. The van der Waals surface area contributed by atoms with Gasteiger partial charge in [-0.15, -0.1) is 0 Å². The lowest BCUT2D eigenvalue weighted by molar-refractivity contribution is 1.62. The van der Waals surface area contributed by atoms with Gasteiger partial charge in [0.25, 0.3) is 0 Å². The highest BCUT2D eigenvalue weighted by Crippen LogP contribution is 2.31. The predicted molar refractivity (Wildman–Crippen MR) is 51.2 cm³/mol. The second-order valence-corrected chi connectivity index (χ2v) is 3.25. The summed E-state index contributed by atoms with van der Waals surface area (Å²) in [6, 6.07) is 1.66. The van der Waals surface area contributed by atoms with Crippen molar-refractivity contribution in [3.05, 3.63) is 11.1 Å². The Morgan fingerprint density at radius 2 is 2.00 bits per heavy atom. The van der Waals surface area contributed by atoms with E-state index in [2.05, 4.69) is 8.75 Å². The molecular formula is C6H5ClN4S. The lowest BCUT2D eigenvalue weighted by Crippen LogP contribution is -1.96. The maximum atomic E-state index is 5.78. The van der Waals surface area contributed by atoms with Crippen LogP contribution in [0.2, 0.25) is 5.02 Å². The van der Waals surface area contributed by atoms with Crippen LogP contribution in [0.4, 0.5) is 11.4 Å². The summed E-state index contributed by atoms with van der Waals surface area (Å²) in [5, 5.41) is 0.424. The quantitative estimate of drug-likeness (QED) is 0.632. The van der Waals surface area contributed by atoms with Gasteiger partial charge in [0.15, 0.2) is 0 Å². The number of anilines is 2. The molecule has 0 spiro atoms. The minimum absolute atomic E-state index is 0.372. The molecular weight excluding hydrogens is 196 g/mol. The number of hydrogen-bond donors (Lipinski definition) is 2. The summed E-state index contributed by atoms with van der Waals surface area (Å²) in [5.41, 5.74) is 13.3. The van der Waals surface area contributed by atoms with Crippen LogP contribution in [0.25, 0.3) is 11.0 Å². The van der Waals surface area contributed by atoms with Crippen molar-refractivity contribution in [3.63, 3.8) is 0 Å². The Kier molecular flexibility index (Phi) is 1.55. The number of halogens is 1. The van der Waals surface area contributed by atoms with Crippen molar-refractivity contribution in [1.82, 2.24) is 8.75 Å². The summed E-state index contributed by atoms with van der Waals surface area (Å²) < 4.78 is 7.98. The van der Waals surface area contributed by atoms with Crippen molar-refractivity contribution < 1.29 is 0 Å². The summed E-state index contributed by atoms with van der Waals surface area (Å²) in [6.45, 7) is 0. The van der Waals surface area contributed by atoms with Crippen molar-refractivity contribution in [2.75, 3.05) is 11.5 Å². The predicted octanol–water partition coefficient (Wildman–Crippen LogP) is 1.51. The van der Waals surface area contributed by atoms with Crippen molar-refractivity contribution in [3.8, 4) is 0 Å². The van der Waals surface area contributed by atoms with Gasteiger partial charge in [-0.3, -0.25) is 0 Å². The van der Waals surface area contributed by atoms with Crippen LogP contribution < -0.4 is 11.5 Å². The summed E-state index contributed by atoms with van der Waals surface area (Å²) in [4.78, 5) is 0. The van der Waals surface area contributed by atoms with Crippen LogP contribution >= 0.6 is 23.3 Å². The fourth-order valence-corrected chi connectivity index (χ4v) is 1.68. The largest absolute Gasteiger partial charge is 0.396 e. The maximum Gasteiger partial charge on any atom is 0.129 e. The third-order valence-electron chi connectivity index (χ3n) is 1.58. The smallest absolute Gasteiger partial charge is 0.129 e. The Labute approximate surface area is 77.5 Å². The first kappa shape index (κ1) is 7.57. The van der Waals surface area contributed by atoms with Gasteiger partial charge < -0.3 is 11.5 Å². The second-order valence-electron chi connectivity index (χ2n) is 2.32. The zero-order valence-electron chi connectivity index (χ0n) is 5.91. The molecule has 0 bridgehead atoms. The van der Waals surface area contributed by atoms with Gasteiger partial charge >= 0.3 is 0 Å². The second kappa shape index (κ2) is 2.46. The molecule has 1 aromatic heterocycles. The van der Waals surface area contributed by atoms with Gasteiger partial charge in [-0.2, -0.15) is 8.75 Å². The highest BCUT2D eigenvalue weighted by atomic mass is 35.5. The minimum atomic E-state index is 0.372. The van der Waals surface area contributed by atoms with Crippen molar-refractivity contribution in [2.45, 2.75) is 0 Å². The van der Waals surface area contributed by atoms with Crippen LogP contribution in [0.5, 0.6) is 0 Å². The summed E-state index contributed by atoms with van der Waals surface area (Å²) >= 11 is 6.87. The van der Waals surface area contributed by atoms with Gasteiger partial charge in [0.05, 0.1) is 28.1 Å². The molecule has 0 saturated carbocycles. The molecule has 2 rings (SSSR count). The molecule has 1 heterocycles. The van der Waals surface area contributed by atoms with E-state index in [0.29, 0.717) is 27.4 Å². The van der Waals surface area contributed by atoms with E-state index >= 15 is 0 Å². The van der Waals surface area contributed by atoms with Gasteiger partial charge in [-0.1, -0.05) is 11.6 Å². The molecule has 0 radical (unpaired) electrons. The van der Waals surface area contributed by atoms with Gasteiger partial charge in [0.1, 0.15) is 11.0 Å². The first-order chi connectivity index (χ1) is 5.70. The Bertz CT molecular complexity index is 438. The average molecular weight is 201 g/mol. The Morgan fingerprint density at radius 3 is 2.75 bits per heavy atom.